The molecule has 1 aliphatic heterocycles. The fourth-order valence-electron chi connectivity index (χ4n) is 4.08. The molecular formula is C23H26N2O5. The minimum Gasteiger partial charge on any atom is -0.507 e. The number of benzene rings is 1. The van der Waals surface area contributed by atoms with Crippen LogP contribution in [0, 0.1) is 6.92 Å². The summed E-state index contributed by atoms with van der Waals surface area (Å²) in [6.45, 7) is 6.84. The second kappa shape index (κ2) is 8.36. The minimum absolute atomic E-state index is 0.113. The van der Waals surface area contributed by atoms with Crippen LogP contribution < -0.4 is 5.63 Å². The van der Waals surface area contributed by atoms with Crippen molar-refractivity contribution in [3.63, 3.8) is 0 Å². The third-order valence-electron chi connectivity index (χ3n) is 5.81. The lowest BCUT2D eigenvalue weighted by atomic mass is 10.00. The fourth-order valence-corrected chi connectivity index (χ4v) is 4.08. The number of carbonyl (C=O) groups excluding carboxylic acids is 1. The molecule has 1 saturated heterocycles. The summed E-state index contributed by atoms with van der Waals surface area (Å²) in [5, 5.41) is 11.4. The Hall–Kier alpha value is -3.06. The first kappa shape index (κ1) is 20.2. The summed E-state index contributed by atoms with van der Waals surface area (Å²) in [5.41, 5.74) is 2.35. The average Bonchev–Trinajstić information content (AvgIpc) is 3.28. The lowest BCUT2D eigenvalue weighted by Crippen LogP contribution is -2.48. The topological polar surface area (TPSA) is 87.1 Å². The highest BCUT2D eigenvalue weighted by molar-refractivity contribution is 5.91. The Bertz CT molecular complexity index is 1110. The second-order valence-electron chi connectivity index (χ2n) is 7.73. The molecule has 7 heteroatoms. The number of phenolic OH excluding ortho intramolecular Hbond substituents is 1. The maximum Gasteiger partial charge on any atom is 0.339 e. The van der Waals surface area contributed by atoms with Crippen molar-refractivity contribution in [1.82, 2.24) is 9.80 Å². The van der Waals surface area contributed by atoms with Crippen LogP contribution in [0.3, 0.4) is 0 Å². The lowest BCUT2D eigenvalue weighted by Gasteiger charge is -2.34. The van der Waals surface area contributed by atoms with Crippen LogP contribution in [0.4, 0.5) is 0 Å². The smallest absolute Gasteiger partial charge is 0.339 e. The maximum absolute atomic E-state index is 12.5. The summed E-state index contributed by atoms with van der Waals surface area (Å²) in [6, 6.07) is 6.84. The molecule has 7 nitrogen and oxygen atoms in total. The number of hydrogen-bond donors (Lipinski definition) is 1. The number of fused-ring (bicyclic) bond motifs is 1. The predicted molar refractivity (Wildman–Crippen MR) is 113 cm³/mol. The second-order valence-corrected chi connectivity index (χ2v) is 7.73. The minimum atomic E-state index is -0.331. The molecule has 0 atom stereocenters. The van der Waals surface area contributed by atoms with Gasteiger partial charge in [-0.15, -0.1) is 0 Å². The molecule has 158 valence electrons. The van der Waals surface area contributed by atoms with E-state index in [2.05, 4.69) is 4.90 Å². The molecule has 0 spiro atoms. The van der Waals surface area contributed by atoms with E-state index in [0.717, 1.165) is 17.4 Å². The van der Waals surface area contributed by atoms with Crippen LogP contribution >= 0.6 is 0 Å². The maximum atomic E-state index is 12.5. The first-order valence-corrected chi connectivity index (χ1v) is 10.3. The molecule has 0 unspecified atom stereocenters. The van der Waals surface area contributed by atoms with Crippen LogP contribution in [0.15, 0.2) is 44.2 Å². The lowest BCUT2D eigenvalue weighted by molar-refractivity contribution is 0.0597. The highest BCUT2D eigenvalue weighted by Gasteiger charge is 2.25. The quantitative estimate of drug-likeness (QED) is 0.650. The highest BCUT2D eigenvalue weighted by Crippen LogP contribution is 2.31. The molecule has 1 amide bonds. The van der Waals surface area contributed by atoms with Crippen molar-refractivity contribution in [3.05, 3.63) is 63.4 Å². The molecular weight excluding hydrogens is 384 g/mol. The Morgan fingerprint density at radius 3 is 2.57 bits per heavy atom. The zero-order chi connectivity index (χ0) is 21.3. The zero-order valence-corrected chi connectivity index (χ0v) is 17.3. The summed E-state index contributed by atoms with van der Waals surface area (Å²) in [4.78, 5) is 28.9. The van der Waals surface area contributed by atoms with E-state index >= 15 is 0 Å². The van der Waals surface area contributed by atoms with Crippen molar-refractivity contribution in [3.8, 4) is 5.75 Å². The number of rotatable bonds is 5. The van der Waals surface area contributed by atoms with Crippen LogP contribution in [-0.2, 0) is 13.0 Å². The number of aromatic hydroxyl groups is 1. The number of hydrogen-bond acceptors (Lipinski definition) is 6. The van der Waals surface area contributed by atoms with Gasteiger partial charge in [-0.3, -0.25) is 9.69 Å². The van der Waals surface area contributed by atoms with Gasteiger partial charge in [0.25, 0.3) is 5.91 Å². The van der Waals surface area contributed by atoms with Crippen LogP contribution in [0.25, 0.3) is 11.0 Å². The van der Waals surface area contributed by atoms with Crippen LogP contribution in [-0.4, -0.2) is 47.0 Å². The summed E-state index contributed by atoms with van der Waals surface area (Å²) < 4.78 is 10.9. The Labute approximate surface area is 174 Å². The number of aryl methyl sites for hydroxylation is 1. The fraction of sp³-hybridized carbons (Fsp3) is 0.391. The standard InChI is InChI=1S/C23H26N2O5/c1-3-5-17-15(2)16-7-8-19(26)18(21(16)30-23(17)28)14-24-9-11-25(12-10-24)22(27)20-6-4-13-29-20/h4,6-8,13,26H,3,5,9-12,14H2,1-2H3. The van der Waals surface area contributed by atoms with Gasteiger partial charge in [0, 0.05) is 43.7 Å². The summed E-state index contributed by atoms with van der Waals surface area (Å²) in [6.07, 6.45) is 3.03. The monoisotopic (exact) mass is 410 g/mol. The van der Waals surface area contributed by atoms with Crippen molar-refractivity contribution < 1.29 is 18.7 Å². The molecule has 1 fully saturated rings. The van der Waals surface area contributed by atoms with Gasteiger partial charge in [0.1, 0.15) is 11.3 Å². The van der Waals surface area contributed by atoms with Gasteiger partial charge in [-0.25, -0.2) is 4.79 Å². The first-order chi connectivity index (χ1) is 14.5. The normalized spacial score (nSPS) is 15.1. The number of furan rings is 1. The number of piperazine rings is 1. The molecule has 1 aliphatic rings. The van der Waals surface area contributed by atoms with Crippen molar-refractivity contribution in [2.24, 2.45) is 0 Å². The van der Waals surface area contributed by atoms with Crippen molar-refractivity contribution in [2.75, 3.05) is 26.2 Å². The number of carbonyl (C=O) groups is 1. The van der Waals surface area contributed by atoms with E-state index in [1.165, 1.54) is 6.26 Å². The van der Waals surface area contributed by atoms with Crippen LogP contribution in [0.1, 0.15) is 40.6 Å². The molecule has 0 radical (unpaired) electrons. The average molecular weight is 410 g/mol. The van der Waals surface area contributed by atoms with Gasteiger partial charge in [0.2, 0.25) is 0 Å². The summed E-state index contributed by atoms with van der Waals surface area (Å²) >= 11 is 0. The largest absolute Gasteiger partial charge is 0.507 e. The molecule has 1 N–H and O–H groups in total. The molecule has 0 saturated carbocycles. The van der Waals surface area contributed by atoms with Gasteiger partial charge < -0.3 is 18.8 Å². The van der Waals surface area contributed by atoms with Crippen LogP contribution in [0.5, 0.6) is 5.75 Å². The molecule has 2 aromatic heterocycles. The Balaban J connectivity index is 1.55. The molecule has 3 aromatic rings. The van der Waals surface area contributed by atoms with Gasteiger partial charge in [0.05, 0.1) is 11.8 Å². The Morgan fingerprint density at radius 2 is 1.90 bits per heavy atom. The van der Waals surface area contributed by atoms with E-state index in [-0.39, 0.29) is 17.3 Å². The van der Waals surface area contributed by atoms with Crippen LogP contribution in [0.2, 0.25) is 0 Å². The number of phenols is 1. The van der Waals surface area contributed by atoms with Gasteiger partial charge in [-0.2, -0.15) is 0 Å². The third kappa shape index (κ3) is 3.73. The predicted octanol–water partition coefficient (Wildman–Crippen LogP) is 3.31. The molecule has 4 rings (SSSR count). The van der Waals surface area contributed by atoms with E-state index < -0.39 is 0 Å². The van der Waals surface area contributed by atoms with Gasteiger partial charge in [0.15, 0.2) is 5.76 Å². The molecule has 0 bridgehead atoms. The zero-order valence-electron chi connectivity index (χ0n) is 17.3. The highest BCUT2D eigenvalue weighted by atomic mass is 16.4. The first-order valence-electron chi connectivity index (χ1n) is 10.3. The molecule has 30 heavy (non-hydrogen) atoms. The summed E-state index contributed by atoms with van der Waals surface area (Å²) in [5.74, 6) is 0.343. The summed E-state index contributed by atoms with van der Waals surface area (Å²) in [7, 11) is 0. The molecule has 3 heterocycles. The third-order valence-corrected chi connectivity index (χ3v) is 5.81. The van der Waals surface area contributed by atoms with Gasteiger partial charge in [-0.1, -0.05) is 13.3 Å². The number of nitrogens with zero attached hydrogens (tertiary/aromatic N) is 2. The van der Waals surface area contributed by atoms with Crippen molar-refractivity contribution in [2.45, 2.75) is 33.2 Å². The van der Waals surface area contributed by atoms with E-state index in [1.54, 1.807) is 23.1 Å². The molecule has 0 aliphatic carbocycles. The SMILES string of the molecule is CCCc1c(C)c2ccc(O)c(CN3CCN(C(=O)c4ccco4)CC3)c2oc1=O. The van der Waals surface area contributed by atoms with E-state index in [4.69, 9.17) is 8.83 Å². The Morgan fingerprint density at radius 1 is 1.13 bits per heavy atom. The molecule has 1 aromatic carbocycles. The van der Waals surface area contributed by atoms with E-state index in [1.807, 2.05) is 19.9 Å². The van der Waals surface area contributed by atoms with Gasteiger partial charge >= 0.3 is 5.63 Å². The van der Waals surface area contributed by atoms with E-state index in [9.17, 15) is 14.7 Å². The van der Waals surface area contributed by atoms with Crippen molar-refractivity contribution >= 4 is 16.9 Å². The van der Waals surface area contributed by atoms with Crippen molar-refractivity contribution in [1.29, 1.82) is 0 Å². The van der Waals surface area contributed by atoms with E-state index in [0.29, 0.717) is 61.6 Å². The Kier molecular flexibility index (Phi) is 5.63. The number of amides is 1. The van der Waals surface area contributed by atoms with Gasteiger partial charge in [-0.05, 0) is 43.2 Å².